The predicted octanol–water partition coefficient (Wildman–Crippen LogP) is 8.43. The lowest BCUT2D eigenvalue weighted by Crippen LogP contribution is -2.29. The number of aromatic nitrogens is 2. The van der Waals surface area contributed by atoms with Gasteiger partial charge in [0.25, 0.3) is 5.91 Å². The van der Waals surface area contributed by atoms with Gasteiger partial charge in [-0.25, -0.2) is 9.07 Å². The molecule has 41 heavy (non-hydrogen) atoms. The molecule has 1 aliphatic rings. The summed E-state index contributed by atoms with van der Waals surface area (Å²) in [5.74, 6) is 0.238. The van der Waals surface area contributed by atoms with Crippen LogP contribution in [-0.4, -0.2) is 31.5 Å². The standard InChI is InChI=1S/C33H32FN3O2S2/c1-2-3-4-5-11-19-36-32(38)30(41-33(36)40)21-26-22-37(27-15-7-6-8-16-27)35-31(26)24-14-12-17-28(20-24)39-23-25-13-9-10-18-29(25)34/h6-10,12-18,20-22H,2-5,11,19,23H2,1H3. The number of para-hydroxylation sites is 1. The molecule has 1 aliphatic heterocycles. The molecule has 0 radical (unpaired) electrons. The largest absolute Gasteiger partial charge is 0.489 e. The van der Waals surface area contributed by atoms with E-state index in [9.17, 15) is 9.18 Å². The van der Waals surface area contributed by atoms with Gasteiger partial charge < -0.3 is 4.74 Å². The molecule has 0 unspecified atom stereocenters. The summed E-state index contributed by atoms with van der Waals surface area (Å²) in [6.07, 6.45) is 9.40. The fourth-order valence-electron chi connectivity index (χ4n) is 4.65. The van der Waals surface area contributed by atoms with Gasteiger partial charge >= 0.3 is 0 Å². The summed E-state index contributed by atoms with van der Waals surface area (Å²) in [7, 11) is 0. The monoisotopic (exact) mass is 585 g/mol. The molecule has 3 aromatic carbocycles. The lowest BCUT2D eigenvalue weighted by Gasteiger charge is -2.13. The van der Waals surface area contributed by atoms with Crippen molar-refractivity contribution in [3.63, 3.8) is 0 Å². The van der Waals surface area contributed by atoms with E-state index in [1.807, 2.05) is 71.6 Å². The number of carbonyl (C=O) groups is 1. The van der Waals surface area contributed by atoms with E-state index >= 15 is 0 Å². The second-order valence-corrected chi connectivity index (χ2v) is 11.5. The summed E-state index contributed by atoms with van der Waals surface area (Å²) in [6.45, 7) is 2.95. The van der Waals surface area contributed by atoms with E-state index in [0.29, 0.717) is 32.8 Å². The van der Waals surface area contributed by atoms with Crippen molar-refractivity contribution < 1.29 is 13.9 Å². The van der Waals surface area contributed by atoms with Crippen molar-refractivity contribution in [2.24, 2.45) is 0 Å². The Kier molecular flexibility index (Phi) is 9.64. The summed E-state index contributed by atoms with van der Waals surface area (Å²) < 4.78 is 22.4. The van der Waals surface area contributed by atoms with Gasteiger partial charge in [-0.3, -0.25) is 9.69 Å². The van der Waals surface area contributed by atoms with Crippen LogP contribution in [0.5, 0.6) is 5.75 Å². The molecule has 1 amide bonds. The molecule has 4 aromatic rings. The van der Waals surface area contributed by atoms with E-state index in [1.165, 1.54) is 37.1 Å². The van der Waals surface area contributed by atoms with Crippen LogP contribution in [0.25, 0.3) is 23.0 Å². The van der Waals surface area contributed by atoms with Crippen molar-refractivity contribution in [2.75, 3.05) is 6.54 Å². The minimum atomic E-state index is -0.300. The normalized spacial score (nSPS) is 14.3. The Labute approximate surface area is 250 Å². The summed E-state index contributed by atoms with van der Waals surface area (Å²) in [4.78, 5) is 15.6. The molecule has 2 heterocycles. The number of benzene rings is 3. The number of unbranched alkanes of at least 4 members (excludes halogenated alkanes) is 4. The van der Waals surface area contributed by atoms with Gasteiger partial charge in [0.15, 0.2) is 0 Å². The predicted molar refractivity (Wildman–Crippen MR) is 168 cm³/mol. The summed E-state index contributed by atoms with van der Waals surface area (Å²) in [6, 6.07) is 24.0. The molecule has 1 saturated heterocycles. The van der Waals surface area contributed by atoms with E-state index in [1.54, 1.807) is 23.1 Å². The third-order valence-corrected chi connectivity index (χ3v) is 8.25. The fraction of sp³-hybridized carbons (Fsp3) is 0.242. The number of carbonyl (C=O) groups excluding carboxylic acids is 1. The first-order valence-electron chi connectivity index (χ1n) is 13.9. The highest BCUT2D eigenvalue weighted by molar-refractivity contribution is 8.26. The first-order chi connectivity index (χ1) is 20.0. The van der Waals surface area contributed by atoms with Crippen LogP contribution in [0, 0.1) is 5.82 Å². The van der Waals surface area contributed by atoms with E-state index < -0.39 is 0 Å². The van der Waals surface area contributed by atoms with Crippen LogP contribution in [0.3, 0.4) is 0 Å². The highest BCUT2D eigenvalue weighted by Crippen LogP contribution is 2.35. The van der Waals surface area contributed by atoms with E-state index in [4.69, 9.17) is 22.1 Å². The van der Waals surface area contributed by atoms with Crippen LogP contribution < -0.4 is 4.74 Å². The Morgan fingerprint density at radius 1 is 0.976 bits per heavy atom. The third-order valence-electron chi connectivity index (χ3n) is 6.87. The zero-order valence-electron chi connectivity index (χ0n) is 23.0. The SMILES string of the molecule is CCCCCCCN1C(=O)C(=Cc2cn(-c3ccccc3)nc2-c2cccc(OCc3ccccc3F)c2)SC1=S. The molecule has 0 spiro atoms. The minimum Gasteiger partial charge on any atom is -0.489 e. The number of rotatable bonds is 12. The van der Waals surface area contributed by atoms with Crippen molar-refractivity contribution in [3.05, 3.63) is 107 Å². The lowest BCUT2D eigenvalue weighted by molar-refractivity contribution is -0.122. The molecule has 8 heteroatoms. The highest BCUT2D eigenvalue weighted by Gasteiger charge is 2.32. The second kappa shape index (κ2) is 13.7. The molecule has 0 bridgehead atoms. The van der Waals surface area contributed by atoms with Crippen molar-refractivity contribution >= 4 is 40.3 Å². The van der Waals surface area contributed by atoms with Gasteiger partial charge in [0.05, 0.1) is 10.6 Å². The number of hydrogen-bond donors (Lipinski definition) is 0. The quantitative estimate of drug-likeness (QED) is 0.0949. The van der Waals surface area contributed by atoms with Gasteiger partial charge in [-0.1, -0.05) is 105 Å². The molecule has 0 saturated carbocycles. The first-order valence-corrected chi connectivity index (χ1v) is 15.1. The summed E-state index contributed by atoms with van der Waals surface area (Å²) in [5, 5.41) is 4.90. The fourth-order valence-corrected chi connectivity index (χ4v) is 5.95. The first kappa shape index (κ1) is 28.8. The van der Waals surface area contributed by atoms with Gasteiger partial charge in [-0.05, 0) is 42.8 Å². The number of amides is 1. The number of thiocarbonyl (C=S) groups is 1. The maximum Gasteiger partial charge on any atom is 0.266 e. The van der Waals surface area contributed by atoms with Crippen molar-refractivity contribution in [1.29, 1.82) is 0 Å². The van der Waals surface area contributed by atoms with Crippen LogP contribution >= 0.6 is 24.0 Å². The Bertz CT molecular complexity index is 1550. The molecule has 1 aromatic heterocycles. The molecule has 0 aliphatic carbocycles. The molecule has 5 nitrogen and oxygen atoms in total. The zero-order valence-corrected chi connectivity index (χ0v) is 24.6. The van der Waals surface area contributed by atoms with Crippen LogP contribution in [0.4, 0.5) is 4.39 Å². The average molecular weight is 586 g/mol. The highest BCUT2D eigenvalue weighted by atomic mass is 32.2. The molecule has 0 N–H and O–H groups in total. The Hall–Kier alpha value is -3.75. The molecule has 1 fully saturated rings. The zero-order chi connectivity index (χ0) is 28.6. The van der Waals surface area contributed by atoms with E-state index in [2.05, 4.69) is 6.92 Å². The maximum absolute atomic E-state index is 14.1. The smallest absolute Gasteiger partial charge is 0.266 e. The van der Waals surface area contributed by atoms with Crippen molar-refractivity contribution in [3.8, 4) is 22.7 Å². The number of ether oxygens (including phenoxy) is 1. The molecule has 0 atom stereocenters. The lowest BCUT2D eigenvalue weighted by atomic mass is 10.1. The molecular formula is C33H32FN3O2S2. The van der Waals surface area contributed by atoms with Crippen LogP contribution in [0.15, 0.2) is 90.0 Å². The molecule has 210 valence electrons. The Morgan fingerprint density at radius 2 is 1.76 bits per heavy atom. The van der Waals surface area contributed by atoms with Gasteiger partial charge in [0, 0.05) is 29.4 Å². The van der Waals surface area contributed by atoms with Crippen LogP contribution in [0.2, 0.25) is 0 Å². The van der Waals surface area contributed by atoms with Gasteiger partial charge in [0.1, 0.15) is 28.2 Å². The maximum atomic E-state index is 14.1. The number of halogens is 1. The number of hydrogen-bond acceptors (Lipinski definition) is 5. The van der Waals surface area contributed by atoms with Crippen LogP contribution in [0.1, 0.15) is 50.2 Å². The molecule has 5 rings (SSSR count). The van der Waals surface area contributed by atoms with Crippen LogP contribution in [-0.2, 0) is 11.4 Å². The van der Waals surface area contributed by atoms with E-state index in [0.717, 1.165) is 29.7 Å². The Morgan fingerprint density at radius 3 is 2.56 bits per heavy atom. The molecular weight excluding hydrogens is 554 g/mol. The summed E-state index contributed by atoms with van der Waals surface area (Å²) in [5.41, 5.74) is 3.71. The summed E-state index contributed by atoms with van der Waals surface area (Å²) >= 11 is 6.91. The average Bonchev–Trinajstić information content (AvgIpc) is 3.53. The van der Waals surface area contributed by atoms with Crippen molar-refractivity contribution in [2.45, 2.75) is 45.6 Å². The number of nitrogens with zero attached hydrogens (tertiary/aromatic N) is 3. The number of thioether (sulfide) groups is 1. The van der Waals surface area contributed by atoms with Gasteiger partial charge in [-0.15, -0.1) is 0 Å². The van der Waals surface area contributed by atoms with Crippen molar-refractivity contribution in [1.82, 2.24) is 14.7 Å². The third kappa shape index (κ3) is 7.13. The van der Waals surface area contributed by atoms with Gasteiger partial charge in [-0.2, -0.15) is 5.10 Å². The topological polar surface area (TPSA) is 47.4 Å². The van der Waals surface area contributed by atoms with Gasteiger partial charge in [0.2, 0.25) is 0 Å². The Balaban J connectivity index is 1.42. The second-order valence-electron chi connectivity index (χ2n) is 9.87. The minimum absolute atomic E-state index is 0.0594. The van der Waals surface area contributed by atoms with E-state index in [-0.39, 0.29) is 18.3 Å².